The number of benzene rings is 1. The zero-order chi connectivity index (χ0) is 12.7. The van der Waals surface area contributed by atoms with Gasteiger partial charge in [-0.3, -0.25) is 0 Å². The average molecular weight is 240 g/mol. The van der Waals surface area contributed by atoms with Crippen molar-refractivity contribution in [2.45, 2.75) is 25.8 Å². The Morgan fingerprint density at radius 3 is 2.65 bits per heavy atom. The monoisotopic (exact) mass is 240 g/mol. The van der Waals surface area contributed by atoms with Crippen LogP contribution in [0.4, 0.5) is 10.1 Å². The predicted molar refractivity (Wildman–Crippen MR) is 68.5 cm³/mol. The van der Waals surface area contributed by atoms with E-state index in [4.69, 9.17) is 10.8 Å². The highest BCUT2D eigenvalue weighted by Crippen LogP contribution is 2.18. The van der Waals surface area contributed by atoms with Crippen molar-refractivity contribution in [1.29, 1.82) is 0 Å². The third-order valence-corrected chi connectivity index (χ3v) is 2.77. The molecule has 1 aromatic rings. The number of anilines is 1. The summed E-state index contributed by atoms with van der Waals surface area (Å²) < 4.78 is 13.3. The Kier molecular flexibility index (Phi) is 5.94. The van der Waals surface area contributed by atoms with Crippen LogP contribution in [0.5, 0.6) is 0 Å². The van der Waals surface area contributed by atoms with Gasteiger partial charge >= 0.3 is 0 Å². The molecule has 0 aliphatic carbocycles. The van der Waals surface area contributed by atoms with E-state index in [1.54, 1.807) is 0 Å². The molecule has 0 unspecified atom stereocenters. The maximum Gasteiger partial charge on any atom is 0.125 e. The highest BCUT2D eigenvalue weighted by atomic mass is 19.1. The number of rotatable bonds is 7. The molecular formula is C13H21FN2O. The lowest BCUT2D eigenvalue weighted by molar-refractivity contribution is 0.283. The first-order valence-corrected chi connectivity index (χ1v) is 5.99. The van der Waals surface area contributed by atoms with Crippen LogP contribution in [-0.4, -0.2) is 25.3 Å². The third kappa shape index (κ3) is 4.71. The SMILES string of the molecule is CN(CCCCCO)c1cc(F)cc(CN)c1. The molecule has 0 spiro atoms. The Balaban J connectivity index is 2.55. The van der Waals surface area contributed by atoms with E-state index in [0.717, 1.165) is 37.1 Å². The van der Waals surface area contributed by atoms with Gasteiger partial charge in [0.2, 0.25) is 0 Å². The van der Waals surface area contributed by atoms with Gasteiger partial charge in [0.1, 0.15) is 5.82 Å². The maximum absolute atomic E-state index is 13.3. The molecule has 4 heteroatoms. The molecule has 0 radical (unpaired) electrons. The second-order valence-electron chi connectivity index (χ2n) is 4.23. The molecule has 0 bridgehead atoms. The molecule has 3 nitrogen and oxygen atoms in total. The van der Waals surface area contributed by atoms with Crippen LogP contribution >= 0.6 is 0 Å². The number of hydrogen-bond acceptors (Lipinski definition) is 3. The largest absolute Gasteiger partial charge is 0.396 e. The van der Waals surface area contributed by atoms with E-state index in [1.807, 2.05) is 18.0 Å². The second-order valence-corrected chi connectivity index (χ2v) is 4.23. The van der Waals surface area contributed by atoms with Crippen LogP contribution in [0.1, 0.15) is 24.8 Å². The summed E-state index contributed by atoms with van der Waals surface area (Å²) in [7, 11) is 1.94. The second kappa shape index (κ2) is 7.25. The molecule has 0 amide bonds. The Morgan fingerprint density at radius 2 is 2.00 bits per heavy atom. The summed E-state index contributed by atoms with van der Waals surface area (Å²) in [6.45, 7) is 1.44. The summed E-state index contributed by atoms with van der Waals surface area (Å²) in [5.41, 5.74) is 7.18. The van der Waals surface area contributed by atoms with Crippen molar-refractivity contribution in [3.8, 4) is 0 Å². The summed E-state index contributed by atoms with van der Waals surface area (Å²) in [6, 6.07) is 4.89. The Hall–Kier alpha value is -1.13. The van der Waals surface area contributed by atoms with Gasteiger partial charge < -0.3 is 15.7 Å². The van der Waals surface area contributed by atoms with E-state index in [0.29, 0.717) is 6.54 Å². The molecule has 0 fully saturated rings. The molecule has 3 N–H and O–H groups in total. The van der Waals surface area contributed by atoms with Crippen molar-refractivity contribution in [3.05, 3.63) is 29.6 Å². The molecule has 0 heterocycles. The van der Waals surface area contributed by atoms with Crippen molar-refractivity contribution in [1.82, 2.24) is 0 Å². The third-order valence-electron chi connectivity index (χ3n) is 2.77. The van der Waals surface area contributed by atoms with Gasteiger partial charge in [0.15, 0.2) is 0 Å². The fourth-order valence-electron chi connectivity index (χ4n) is 1.74. The Bertz CT molecular complexity index is 344. The molecule has 0 atom stereocenters. The van der Waals surface area contributed by atoms with Gasteiger partial charge in [0, 0.05) is 32.4 Å². The number of halogens is 1. The quantitative estimate of drug-likeness (QED) is 0.715. The first-order chi connectivity index (χ1) is 8.17. The minimum absolute atomic E-state index is 0.237. The lowest BCUT2D eigenvalue weighted by atomic mass is 10.1. The summed E-state index contributed by atoms with van der Waals surface area (Å²) >= 11 is 0. The number of aliphatic hydroxyl groups is 1. The van der Waals surface area contributed by atoms with E-state index < -0.39 is 0 Å². The van der Waals surface area contributed by atoms with E-state index in [-0.39, 0.29) is 12.4 Å². The van der Waals surface area contributed by atoms with E-state index >= 15 is 0 Å². The van der Waals surface area contributed by atoms with Crippen molar-refractivity contribution >= 4 is 5.69 Å². The van der Waals surface area contributed by atoms with Crippen LogP contribution in [0.3, 0.4) is 0 Å². The number of aliphatic hydroxyl groups excluding tert-OH is 1. The van der Waals surface area contributed by atoms with Crippen LogP contribution in [0.15, 0.2) is 18.2 Å². The van der Waals surface area contributed by atoms with E-state index in [1.165, 1.54) is 12.1 Å². The standard InChI is InChI=1S/C13H21FN2O/c1-16(5-3-2-4-6-17)13-8-11(10-15)7-12(14)9-13/h7-9,17H,2-6,10,15H2,1H3. The van der Waals surface area contributed by atoms with Crippen molar-refractivity contribution in [2.75, 3.05) is 25.1 Å². The van der Waals surface area contributed by atoms with Crippen molar-refractivity contribution in [2.24, 2.45) is 5.73 Å². The maximum atomic E-state index is 13.3. The zero-order valence-corrected chi connectivity index (χ0v) is 10.3. The number of nitrogens with two attached hydrogens (primary N) is 1. The smallest absolute Gasteiger partial charge is 0.125 e. The van der Waals surface area contributed by atoms with Gasteiger partial charge in [0.25, 0.3) is 0 Å². The molecule has 0 saturated carbocycles. The Morgan fingerprint density at radius 1 is 1.24 bits per heavy atom. The molecule has 0 aromatic heterocycles. The van der Waals surface area contributed by atoms with Gasteiger partial charge in [-0.05, 0) is 43.0 Å². The minimum Gasteiger partial charge on any atom is -0.396 e. The topological polar surface area (TPSA) is 49.5 Å². The van der Waals surface area contributed by atoms with Gasteiger partial charge in [0.05, 0.1) is 0 Å². The van der Waals surface area contributed by atoms with Crippen LogP contribution in [0.25, 0.3) is 0 Å². The summed E-state index contributed by atoms with van der Waals surface area (Å²) in [5.74, 6) is -0.245. The first kappa shape index (κ1) is 13.9. The normalized spacial score (nSPS) is 10.6. The van der Waals surface area contributed by atoms with Crippen LogP contribution in [0, 0.1) is 5.82 Å². The minimum atomic E-state index is -0.245. The Labute approximate surface area is 102 Å². The lowest BCUT2D eigenvalue weighted by Crippen LogP contribution is -2.19. The molecule has 0 aliphatic heterocycles. The highest BCUT2D eigenvalue weighted by Gasteiger charge is 2.04. The van der Waals surface area contributed by atoms with Crippen LogP contribution in [-0.2, 0) is 6.54 Å². The van der Waals surface area contributed by atoms with E-state index in [9.17, 15) is 4.39 Å². The summed E-state index contributed by atoms with van der Waals surface area (Å²) in [6.07, 6.45) is 2.80. The molecule has 1 aromatic carbocycles. The molecule has 1 rings (SSSR count). The number of unbranched alkanes of at least 4 members (excludes halogenated alkanes) is 2. The average Bonchev–Trinajstić information content (AvgIpc) is 2.33. The van der Waals surface area contributed by atoms with Gasteiger partial charge in [-0.25, -0.2) is 4.39 Å². The van der Waals surface area contributed by atoms with E-state index in [2.05, 4.69) is 0 Å². The summed E-state index contributed by atoms with van der Waals surface area (Å²) in [4.78, 5) is 2.01. The summed E-state index contributed by atoms with van der Waals surface area (Å²) in [5, 5.41) is 8.68. The fourth-order valence-corrected chi connectivity index (χ4v) is 1.74. The highest BCUT2D eigenvalue weighted by molar-refractivity contribution is 5.48. The molecule has 17 heavy (non-hydrogen) atoms. The van der Waals surface area contributed by atoms with Crippen molar-refractivity contribution in [3.63, 3.8) is 0 Å². The molecule has 0 saturated heterocycles. The van der Waals surface area contributed by atoms with Gasteiger partial charge in [-0.2, -0.15) is 0 Å². The molecular weight excluding hydrogens is 219 g/mol. The molecule has 96 valence electrons. The number of hydrogen-bond donors (Lipinski definition) is 2. The van der Waals surface area contributed by atoms with Gasteiger partial charge in [-0.1, -0.05) is 0 Å². The fraction of sp³-hybridized carbons (Fsp3) is 0.538. The van der Waals surface area contributed by atoms with Crippen LogP contribution in [0.2, 0.25) is 0 Å². The predicted octanol–water partition coefficient (Wildman–Crippen LogP) is 1.88. The zero-order valence-electron chi connectivity index (χ0n) is 10.3. The molecule has 0 aliphatic rings. The first-order valence-electron chi connectivity index (χ1n) is 5.99. The van der Waals surface area contributed by atoms with Gasteiger partial charge in [-0.15, -0.1) is 0 Å². The van der Waals surface area contributed by atoms with Crippen molar-refractivity contribution < 1.29 is 9.50 Å². The lowest BCUT2D eigenvalue weighted by Gasteiger charge is -2.20. The van der Waals surface area contributed by atoms with Crippen LogP contribution < -0.4 is 10.6 Å². The number of nitrogens with zero attached hydrogens (tertiary/aromatic N) is 1.